The normalized spacial score (nSPS) is 11.0. The number of aromatic nitrogens is 3. The number of H-pyrrole nitrogens is 1. The molecule has 24 heavy (non-hydrogen) atoms. The van der Waals surface area contributed by atoms with Crippen LogP contribution in [0.25, 0.3) is 5.65 Å². The lowest BCUT2D eigenvalue weighted by molar-refractivity contribution is 0.0461. The van der Waals surface area contributed by atoms with Crippen molar-refractivity contribution in [2.75, 3.05) is 0 Å². The van der Waals surface area contributed by atoms with Gasteiger partial charge in [0.15, 0.2) is 5.78 Å². The van der Waals surface area contributed by atoms with E-state index >= 15 is 0 Å². The summed E-state index contributed by atoms with van der Waals surface area (Å²) >= 11 is 0. The molecule has 0 fully saturated rings. The molecule has 6 heteroatoms. The van der Waals surface area contributed by atoms with Gasteiger partial charge < -0.3 is 14.1 Å². The van der Waals surface area contributed by atoms with E-state index in [-0.39, 0.29) is 12.4 Å². The number of rotatable bonds is 4. The van der Waals surface area contributed by atoms with Crippen molar-refractivity contribution >= 4 is 17.4 Å². The van der Waals surface area contributed by atoms with Gasteiger partial charge in [0, 0.05) is 23.7 Å². The van der Waals surface area contributed by atoms with Gasteiger partial charge in [-0.25, -0.2) is 9.78 Å². The van der Waals surface area contributed by atoms with Crippen molar-refractivity contribution in [2.45, 2.75) is 34.3 Å². The van der Waals surface area contributed by atoms with E-state index in [4.69, 9.17) is 4.74 Å². The molecule has 0 aliphatic rings. The molecule has 3 aromatic heterocycles. The zero-order valence-corrected chi connectivity index (χ0v) is 14.1. The fraction of sp³-hybridized carbons (Fsp3) is 0.278. The Bertz CT molecular complexity index is 950. The molecular formula is C18H19N3O3. The van der Waals surface area contributed by atoms with Crippen LogP contribution in [0, 0.1) is 20.8 Å². The van der Waals surface area contributed by atoms with Gasteiger partial charge >= 0.3 is 5.97 Å². The average Bonchev–Trinajstić information content (AvgIpc) is 3.04. The molecule has 3 rings (SSSR count). The molecule has 0 atom stereocenters. The molecule has 0 saturated heterocycles. The fourth-order valence-corrected chi connectivity index (χ4v) is 2.92. The first-order chi connectivity index (χ1) is 11.4. The number of esters is 1. The van der Waals surface area contributed by atoms with Crippen LogP contribution >= 0.6 is 0 Å². The Labute approximate surface area is 139 Å². The minimum atomic E-state index is -0.490. The lowest BCUT2D eigenvalue weighted by Crippen LogP contribution is -2.08. The van der Waals surface area contributed by atoms with Crippen LogP contribution in [0.5, 0.6) is 0 Å². The predicted molar refractivity (Wildman–Crippen MR) is 89.3 cm³/mol. The maximum Gasteiger partial charge on any atom is 0.355 e. The summed E-state index contributed by atoms with van der Waals surface area (Å²) in [6, 6.07) is 3.89. The fourth-order valence-electron chi connectivity index (χ4n) is 2.92. The second kappa shape index (κ2) is 5.96. The molecule has 124 valence electrons. The van der Waals surface area contributed by atoms with E-state index in [0.717, 1.165) is 11.2 Å². The maximum absolute atomic E-state index is 12.3. The molecule has 0 aliphatic carbocycles. The molecule has 0 aromatic carbocycles. The van der Waals surface area contributed by atoms with Gasteiger partial charge in [0.25, 0.3) is 0 Å². The van der Waals surface area contributed by atoms with E-state index in [1.165, 1.54) is 6.92 Å². The highest BCUT2D eigenvalue weighted by Gasteiger charge is 2.21. The molecule has 0 amide bonds. The molecule has 3 aromatic rings. The Kier molecular flexibility index (Phi) is 3.97. The first-order valence-electron chi connectivity index (χ1n) is 7.68. The van der Waals surface area contributed by atoms with Gasteiger partial charge in [-0.1, -0.05) is 6.07 Å². The summed E-state index contributed by atoms with van der Waals surface area (Å²) in [7, 11) is 0. The van der Waals surface area contributed by atoms with Crippen LogP contribution in [0.2, 0.25) is 0 Å². The van der Waals surface area contributed by atoms with Gasteiger partial charge in [-0.05, 0) is 44.9 Å². The quantitative estimate of drug-likeness (QED) is 0.590. The summed E-state index contributed by atoms with van der Waals surface area (Å²) in [5, 5.41) is 0. The molecule has 0 spiro atoms. The summed E-state index contributed by atoms with van der Waals surface area (Å²) in [5.74, 6) is -0.563. The van der Waals surface area contributed by atoms with Crippen molar-refractivity contribution < 1.29 is 14.3 Å². The Morgan fingerprint density at radius 1 is 1.21 bits per heavy atom. The number of aryl methyl sites for hydroxylation is 2. The number of carbonyl (C=O) groups excluding carboxylic acids is 2. The van der Waals surface area contributed by atoms with E-state index in [0.29, 0.717) is 28.2 Å². The summed E-state index contributed by atoms with van der Waals surface area (Å²) < 4.78 is 7.24. The second-order valence-electron chi connectivity index (χ2n) is 5.96. The average molecular weight is 325 g/mol. The van der Waals surface area contributed by atoms with Crippen molar-refractivity contribution in [2.24, 2.45) is 0 Å². The van der Waals surface area contributed by atoms with Gasteiger partial charge in [-0.15, -0.1) is 0 Å². The zero-order chi connectivity index (χ0) is 17.4. The number of nitrogens with one attached hydrogen (secondary N) is 1. The Morgan fingerprint density at radius 3 is 2.62 bits per heavy atom. The molecular weight excluding hydrogens is 306 g/mol. The van der Waals surface area contributed by atoms with Crippen molar-refractivity contribution in [1.29, 1.82) is 0 Å². The topological polar surface area (TPSA) is 76.5 Å². The van der Waals surface area contributed by atoms with Gasteiger partial charge in [-0.2, -0.15) is 0 Å². The number of ether oxygens (including phenoxy) is 1. The summed E-state index contributed by atoms with van der Waals surface area (Å²) in [6.45, 7) is 7.07. The standard InChI is InChI=1S/C18H19N3O3/c1-10-5-6-15-20-14(8-21(15)7-10)9-24-18(23)17-11(2)16(13(4)22)12(3)19-17/h5-8,19H,9H2,1-4H3. The molecule has 3 heterocycles. The number of hydrogen-bond donors (Lipinski definition) is 1. The largest absolute Gasteiger partial charge is 0.454 e. The number of aromatic amines is 1. The zero-order valence-electron chi connectivity index (χ0n) is 14.1. The number of carbonyl (C=O) groups is 2. The number of Topliss-reactive ketones (excluding diaryl/α,β-unsaturated/α-hetero) is 1. The maximum atomic E-state index is 12.3. The van der Waals surface area contributed by atoms with Crippen LogP contribution in [0.15, 0.2) is 24.5 Å². The first-order valence-corrected chi connectivity index (χ1v) is 7.68. The minimum Gasteiger partial charge on any atom is -0.454 e. The lowest BCUT2D eigenvalue weighted by Gasteiger charge is -2.02. The lowest BCUT2D eigenvalue weighted by atomic mass is 10.1. The number of pyridine rings is 1. The van der Waals surface area contributed by atoms with Gasteiger partial charge in [0.2, 0.25) is 0 Å². The summed E-state index contributed by atoms with van der Waals surface area (Å²) in [6.07, 6.45) is 3.80. The molecule has 0 saturated carbocycles. The number of fused-ring (bicyclic) bond motifs is 1. The number of hydrogen-bond acceptors (Lipinski definition) is 4. The number of nitrogens with zero attached hydrogens (tertiary/aromatic N) is 2. The van der Waals surface area contributed by atoms with Gasteiger partial charge in [0.05, 0.1) is 5.69 Å². The first kappa shape index (κ1) is 16.0. The van der Waals surface area contributed by atoms with Crippen molar-refractivity contribution in [3.05, 3.63) is 58.3 Å². The van der Waals surface area contributed by atoms with Crippen LogP contribution in [-0.4, -0.2) is 26.1 Å². The van der Waals surface area contributed by atoms with E-state index < -0.39 is 5.97 Å². The molecule has 1 N–H and O–H groups in total. The molecule has 0 radical (unpaired) electrons. The molecule has 0 bridgehead atoms. The third kappa shape index (κ3) is 2.82. The smallest absolute Gasteiger partial charge is 0.355 e. The molecule has 0 aliphatic heterocycles. The van der Waals surface area contributed by atoms with E-state index in [2.05, 4.69) is 9.97 Å². The SMILES string of the molecule is CC(=O)c1c(C)[nH]c(C(=O)OCc2cn3cc(C)ccc3n2)c1C. The highest BCUT2D eigenvalue weighted by Crippen LogP contribution is 2.19. The minimum absolute atomic E-state index is 0.0731. The Morgan fingerprint density at radius 2 is 1.96 bits per heavy atom. The van der Waals surface area contributed by atoms with Crippen LogP contribution in [0.1, 0.15) is 50.3 Å². The van der Waals surface area contributed by atoms with Gasteiger partial charge in [-0.3, -0.25) is 4.79 Å². The van der Waals surface area contributed by atoms with E-state index in [9.17, 15) is 9.59 Å². The highest BCUT2D eigenvalue weighted by atomic mass is 16.5. The second-order valence-corrected chi connectivity index (χ2v) is 5.96. The van der Waals surface area contributed by atoms with Crippen LogP contribution in [-0.2, 0) is 11.3 Å². The Balaban J connectivity index is 1.77. The summed E-state index contributed by atoms with van der Waals surface area (Å²) in [5.41, 5.74) is 4.75. The van der Waals surface area contributed by atoms with Gasteiger partial charge in [0.1, 0.15) is 17.9 Å². The monoisotopic (exact) mass is 325 g/mol. The molecule has 0 unspecified atom stereocenters. The van der Waals surface area contributed by atoms with E-state index in [1.807, 2.05) is 35.9 Å². The van der Waals surface area contributed by atoms with Crippen LogP contribution < -0.4 is 0 Å². The third-order valence-corrected chi connectivity index (χ3v) is 3.99. The van der Waals surface area contributed by atoms with Crippen LogP contribution in [0.3, 0.4) is 0 Å². The van der Waals surface area contributed by atoms with Crippen LogP contribution in [0.4, 0.5) is 0 Å². The number of ketones is 1. The number of imidazole rings is 1. The third-order valence-electron chi connectivity index (χ3n) is 3.99. The van der Waals surface area contributed by atoms with E-state index in [1.54, 1.807) is 13.8 Å². The summed E-state index contributed by atoms with van der Waals surface area (Å²) in [4.78, 5) is 31.3. The highest BCUT2D eigenvalue weighted by molar-refractivity contribution is 6.01. The van der Waals surface area contributed by atoms with Crippen molar-refractivity contribution in [3.8, 4) is 0 Å². The predicted octanol–water partition coefficient (Wildman–Crippen LogP) is 3.15. The Hall–Kier alpha value is -2.89. The van der Waals surface area contributed by atoms with Crippen molar-refractivity contribution in [1.82, 2.24) is 14.4 Å². The molecule has 6 nitrogen and oxygen atoms in total. The van der Waals surface area contributed by atoms with Crippen molar-refractivity contribution in [3.63, 3.8) is 0 Å².